The summed E-state index contributed by atoms with van der Waals surface area (Å²) in [7, 11) is -3.89. The first kappa shape index (κ1) is 22.8. The van der Waals surface area contributed by atoms with Gasteiger partial charge in [-0.3, -0.25) is 4.72 Å². The molecule has 0 aliphatic rings. The van der Waals surface area contributed by atoms with Crippen LogP contribution >= 0.6 is 0 Å². The molecule has 0 aliphatic heterocycles. The molecule has 8 nitrogen and oxygen atoms in total. The summed E-state index contributed by atoms with van der Waals surface area (Å²) in [5, 5.41) is 15.6. The molecule has 0 fully saturated rings. The van der Waals surface area contributed by atoms with Crippen molar-refractivity contribution in [2.45, 2.75) is 18.7 Å². The fraction of sp³-hybridized carbons (Fsp3) is 0.0800. The Morgan fingerprint density at radius 1 is 0.794 bits per heavy atom. The van der Waals surface area contributed by atoms with Crippen molar-refractivity contribution in [2.75, 3.05) is 15.4 Å². The van der Waals surface area contributed by atoms with Crippen LogP contribution in [0.25, 0.3) is 0 Å². The smallest absolute Gasteiger partial charge is 0.263 e. The minimum atomic E-state index is -3.89. The molecule has 170 valence electrons. The number of anilines is 5. The lowest BCUT2D eigenvalue weighted by atomic mass is 10.2. The quantitative estimate of drug-likeness (QED) is 0.337. The van der Waals surface area contributed by atoms with E-state index in [4.69, 9.17) is 0 Å². The number of hydrogen-bond donors (Lipinski definition) is 3. The molecule has 4 rings (SSSR count). The van der Waals surface area contributed by atoms with Gasteiger partial charge < -0.3 is 10.6 Å². The zero-order chi connectivity index (χ0) is 24.1. The molecular weight excluding hydrogens is 448 g/mol. The zero-order valence-corrected chi connectivity index (χ0v) is 19.4. The van der Waals surface area contributed by atoms with E-state index < -0.39 is 10.0 Å². The number of nitrogens with zero attached hydrogens (tertiary/aromatic N) is 3. The second-order valence-electron chi connectivity index (χ2n) is 7.63. The first-order valence-electron chi connectivity index (χ1n) is 10.4. The Morgan fingerprint density at radius 2 is 1.41 bits per heavy atom. The summed E-state index contributed by atoms with van der Waals surface area (Å²) in [6, 6.07) is 24.5. The van der Waals surface area contributed by atoms with Crippen LogP contribution in [0, 0.1) is 25.2 Å². The molecule has 0 amide bonds. The summed E-state index contributed by atoms with van der Waals surface area (Å²) in [6.45, 7) is 3.90. The van der Waals surface area contributed by atoms with Crippen molar-refractivity contribution in [3.63, 3.8) is 0 Å². The van der Waals surface area contributed by atoms with Crippen LogP contribution in [-0.4, -0.2) is 18.4 Å². The monoisotopic (exact) mass is 470 g/mol. The van der Waals surface area contributed by atoms with E-state index in [9.17, 15) is 13.7 Å². The highest BCUT2D eigenvalue weighted by Gasteiger charge is 2.18. The lowest BCUT2D eigenvalue weighted by molar-refractivity contribution is 0.601. The van der Waals surface area contributed by atoms with Crippen molar-refractivity contribution in [3.05, 3.63) is 95.7 Å². The fourth-order valence-corrected chi connectivity index (χ4v) is 4.44. The Balaban J connectivity index is 1.48. The van der Waals surface area contributed by atoms with Crippen LogP contribution in [0.2, 0.25) is 0 Å². The van der Waals surface area contributed by atoms with E-state index >= 15 is 0 Å². The van der Waals surface area contributed by atoms with Crippen LogP contribution < -0.4 is 15.4 Å². The highest BCUT2D eigenvalue weighted by molar-refractivity contribution is 7.92. The molecule has 0 spiro atoms. The van der Waals surface area contributed by atoms with Gasteiger partial charge in [-0.1, -0.05) is 29.8 Å². The van der Waals surface area contributed by atoms with Crippen LogP contribution in [0.1, 0.15) is 16.8 Å². The van der Waals surface area contributed by atoms with Gasteiger partial charge in [-0.05, 0) is 62.4 Å². The van der Waals surface area contributed by atoms with Crippen molar-refractivity contribution in [1.82, 2.24) is 9.97 Å². The summed E-state index contributed by atoms with van der Waals surface area (Å²) in [5.74, 6) is 1.06. The number of nitrogens with one attached hydrogen (secondary N) is 3. The number of benzene rings is 3. The molecule has 34 heavy (non-hydrogen) atoms. The molecular formula is C25H22N6O2S. The highest BCUT2D eigenvalue weighted by atomic mass is 32.2. The summed E-state index contributed by atoms with van der Waals surface area (Å²) < 4.78 is 27.9. The average molecular weight is 471 g/mol. The average Bonchev–Trinajstić information content (AvgIpc) is 2.81. The van der Waals surface area contributed by atoms with Gasteiger partial charge in [-0.2, -0.15) is 10.2 Å². The third-order valence-corrected chi connectivity index (χ3v) is 6.31. The normalized spacial score (nSPS) is 10.9. The van der Waals surface area contributed by atoms with Crippen molar-refractivity contribution in [1.29, 1.82) is 5.26 Å². The van der Waals surface area contributed by atoms with Gasteiger partial charge >= 0.3 is 0 Å². The number of hydrogen-bond acceptors (Lipinski definition) is 7. The SMILES string of the molecule is Cc1ccc(Nc2nc(C)cc(Nc3ccc(NS(=O)(=O)c4ccccc4C#N)cc3)n2)cc1. The highest BCUT2D eigenvalue weighted by Crippen LogP contribution is 2.23. The molecule has 1 aromatic heterocycles. The van der Waals surface area contributed by atoms with Gasteiger partial charge in [0.1, 0.15) is 16.8 Å². The second kappa shape index (κ2) is 9.60. The van der Waals surface area contributed by atoms with Crippen molar-refractivity contribution in [3.8, 4) is 6.07 Å². The Bertz CT molecular complexity index is 1460. The molecule has 0 saturated carbocycles. The summed E-state index contributed by atoms with van der Waals surface area (Å²) >= 11 is 0. The predicted octanol–water partition coefficient (Wildman–Crippen LogP) is 5.25. The Hall–Kier alpha value is -4.42. The van der Waals surface area contributed by atoms with Gasteiger partial charge in [0.25, 0.3) is 10.0 Å². The third-order valence-electron chi connectivity index (χ3n) is 4.87. The molecule has 1 heterocycles. The van der Waals surface area contributed by atoms with Gasteiger partial charge in [0, 0.05) is 28.8 Å². The van der Waals surface area contributed by atoms with Crippen LogP contribution in [0.15, 0.2) is 83.8 Å². The van der Waals surface area contributed by atoms with Gasteiger partial charge in [0.05, 0.1) is 5.56 Å². The number of sulfonamides is 1. The summed E-state index contributed by atoms with van der Waals surface area (Å²) in [6.07, 6.45) is 0. The summed E-state index contributed by atoms with van der Waals surface area (Å²) in [5.41, 5.74) is 4.02. The van der Waals surface area contributed by atoms with E-state index in [2.05, 4.69) is 25.3 Å². The van der Waals surface area contributed by atoms with Gasteiger partial charge in [0.15, 0.2) is 0 Å². The molecule has 0 unspecified atom stereocenters. The van der Waals surface area contributed by atoms with E-state index in [1.54, 1.807) is 36.4 Å². The molecule has 9 heteroatoms. The largest absolute Gasteiger partial charge is 0.340 e. The number of nitriles is 1. The van der Waals surface area contributed by atoms with Gasteiger partial charge in [0.2, 0.25) is 5.95 Å². The van der Waals surface area contributed by atoms with E-state index in [0.717, 1.165) is 22.6 Å². The lowest BCUT2D eigenvalue weighted by Gasteiger charge is -2.12. The van der Waals surface area contributed by atoms with E-state index in [1.807, 2.05) is 50.2 Å². The Morgan fingerprint density at radius 3 is 2.12 bits per heavy atom. The van der Waals surface area contributed by atoms with E-state index in [1.165, 1.54) is 12.1 Å². The second-order valence-corrected chi connectivity index (χ2v) is 9.28. The van der Waals surface area contributed by atoms with Crippen LogP contribution in [0.5, 0.6) is 0 Å². The predicted molar refractivity (Wildman–Crippen MR) is 133 cm³/mol. The summed E-state index contributed by atoms with van der Waals surface area (Å²) in [4.78, 5) is 8.88. The molecule has 0 saturated heterocycles. The van der Waals surface area contributed by atoms with Crippen molar-refractivity contribution < 1.29 is 8.42 Å². The maximum Gasteiger partial charge on any atom is 0.263 e. The minimum absolute atomic E-state index is 0.0650. The first-order valence-corrected chi connectivity index (χ1v) is 11.9. The van der Waals surface area contributed by atoms with Gasteiger partial charge in [-0.25, -0.2) is 13.4 Å². The molecule has 3 aromatic carbocycles. The molecule has 4 aromatic rings. The van der Waals surface area contributed by atoms with Crippen molar-refractivity contribution in [2.24, 2.45) is 0 Å². The van der Waals surface area contributed by atoms with Crippen LogP contribution in [-0.2, 0) is 10.0 Å². The van der Waals surface area contributed by atoms with Crippen LogP contribution in [0.3, 0.4) is 0 Å². The first-order chi connectivity index (χ1) is 16.3. The topological polar surface area (TPSA) is 120 Å². The third kappa shape index (κ3) is 5.49. The number of aromatic nitrogens is 2. The fourth-order valence-electron chi connectivity index (χ4n) is 3.23. The van der Waals surface area contributed by atoms with Gasteiger partial charge in [-0.15, -0.1) is 0 Å². The molecule has 0 radical (unpaired) electrons. The molecule has 3 N–H and O–H groups in total. The maximum absolute atomic E-state index is 12.7. The molecule has 0 aliphatic carbocycles. The van der Waals surface area contributed by atoms with Crippen molar-refractivity contribution >= 4 is 38.9 Å². The molecule has 0 atom stereocenters. The Kier molecular flexibility index (Phi) is 6.43. The number of rotatable bonds is 7. The standard InChI is InChI=1S/C25H22N6O2S/c1-17-7-9-21(10-8-17)29-25-27-18(2)15-24(30-25)28-20-11-13-22(14-12-20)31-34(32,33)23-6-4-3-5-19(23)16-26/h3-15,31H,1-2H3,(H2,27,28,29,30). The Labute approximate surface area is 198 Å². The van der Waals surface area contributed by atoms with E-state index in [-0.39, 0.29) is 10.5 Å². The lowest BCUT2D eigenvalue weighted by Crippen LogP contribution is -2.14. The molecule has 0 bridgehead atoms. The van der Waals surface area contributed by atoms with Crippen LogP contribution in [0.4, 0.5) is 28.8 Å². The minimum Gasteiger partial charge on any atom is -0.340 e. The van der Waals surface area contributed by atoms with E-state index in [0.29, 0.717) is 17.5 Å². The zero-order valence-electron chi connectivity index (χ0n) is 18.6. The maximum atomic E-state index is 12.7. The number of aryl methyl sites for hydroxylation is 2.